The van der Waals surface area contributed by atoms with Crippen LogP contribution in [0.3, 0.4) is 0 Å². The van der Waals surface area contributed by atoms with Crippen molar-refractivity contribution in [3.05, 3.63) is 71.5 Å². The molecule has 1 amide bonds. The van der Waals surface area contributed by atoms with Crippen LogP contribution < -0.4 is 0 Å². The largest absolute Gasteiger partial charge is 0.380 e. The standard InChI is InChI=1S/C20H22FNO2/c1-15(23)22-13-11-18(12-14-22)20(24,16-5-3-2-4-6-16)17-7-9-19(21)10-8-17/h2-10,18,24H,11-14H2,1H3. The molecule has 0 spiro atoms. The van der Waals surface area contributed by atoms with Gasteiger partial charge in [0, 0.05) is 20.0 Å². The number of halogens is 1. The van der Waals surface area contributed by atoms with Gasteiger partial charge in [-0.2, -0.15) is 0 Å². The number of piperidine rings is 1. The van der Waals surface area contributed by atoms with Crippen LogP contribution in [0.4, 0.5) is 4.39 Å². The summed E-state index contributed by atoms with van der Waals surface area (Å²) in [5.41, 5.74) is 0.312. The number of carbonyl (C=O) groups is 1. The number of carbonyl (C=O) groups excluding carboxylic acids is 1. The molecule has 0 bridgehead atoms. The topological polar surface area (TPSA) is 40.5 Å². The van der Waals surface area contributed by atoms with Crippen molar-refractivity contribution in [2.45, 2.75) is 25.4 Å². The number of benzene rings is 2. The third kappa shape index (κ3) is 3.06. The number of amides is 1. The minimum absolute atomic E-state index is 0.0269. The van der Waals surface area contributed by atoms with Crippen LogP contribution in [0.5, 0.6) is 0 Å². The number of hydrogen-bond acceptors (Lipinski definition) is 2. The van der Waals surface area contributed by atoms with Gasteiger partial charge in [-0.25, -0.2) is 4.39 Å². The van der Waals surface area contributed by atoms with E-state index in [9.17, 15) is 14.3 Å². The van der Waals surface area contributed by atoms with Crippen LogP contribution in [0, 0.1) is 11.7 Å². The number of rotatable bonds is 3. The highest BCUT2D eigenvalue weighted by atomic mass is 19.1. The fourth-order valence-electron chi connectivity index (χ4n) is 3.65. The third-order valence-electron chi connectivity index (χ3n) is 5.03. The van der Waals surface area contributed by atoms with E-state index in [1.54, 1.807) is 19.1 Å². The maximum absolute atomic E-state index is 13.3. The van der Waals surface area contributed by atoms with Gasteiger partial charge < -0.3 is 10.0 Å². The number of likely N-dealkylation sites (tertiary alicyclic amines) is 1. The molecule has 24 heavy (non-hydrogen) atoms. The summed E-state index contributed by atoms with van der Waals surface area (Å²) in [7, 11) is 0. The minimum Gasteiger partial charge on any atom is -0.380 e. The molecule has 0 aromatic heterocycles. The Morgan fingerprint density at radius 3 is 2.12 bits per heavy atom. The van der Waals surface area contributed by atoms with Gasteiger partial charge in [-0.15, -0.1) is 0 Å². The highest BCUT2D eigenvalue weighted by Crippen LogP contribution is 2.41. The number of aliphatic hydroxyl groups is 1. The zero-order chi connectivity index (χ0) is 17.2. The van der Waals surface area contributed by atoms with E-state index in [2.05, 4.69) is 0 Å². The molecule has 1 aliphatic rings. The van der Waals surface area contributed by atoms with Crippen molar-refractivity contribution in [2.75, 3.05) is 13.1 Å². The molecule has 2 aromatic rings. The van der Waals surface area contributed by atoms with E-state index in [1.807, 2.05) is 35.2 Å². The first-order chi connectivity index (χ1) is 11.5. The second kappa shape index (κ2) is 6.73. The maximum atomic E-state index is 13.3. The van der Waals surface area contributed by atoms with E-state index < -0.39 is 5.60 Å². The Labute approximate surface area is 141 Å². The lowest BCUT2D eigenvalue weighted by atomic mass is 9.72. The molecule has 0 aliphatic carbocycles. The van der Waals surface area contributed by atoms with Crippen molar-refractivity contribution in [1.82, 2.24) is 4.90 Å². The molecule has 1 aliphatic heterocycles. The van der Waals surface area contributed by atoms with E-state index in [1.165, 1.54) is 12.1 Å². The average molecular weight is 327 g/mol. The summed E-state index contributed by atoms with van der Waals surface area (Å²) in [4.78, 5) is 13.4. The molecule has 2 aromatic carbocycles. The number of nitrogens with zero attached hydrogens (tertiary/aromatic N) is 1. The van der Waals surface area contributed by atoms with Crippen LogP contribution >= 0.6 is 0 Å². The van der Waals surface area contributed by atoms with Crippen LogP contribution in [0.25, 0.3) is 0 Å². The monoisotopic (exact) mass is 327 g/mol. The molecule has 0 saturated carbocycles. The SMILES string of the molecule is CC(=O)N1CCC(C(O)(c2ccccc2)c2ccc(F)cc2)CC1. The van der Waals surface area contributed by atoms with Gasteiger partial charge in [0.05, 0.1) is 0 Å². The van der Waals surface area contributed by atoms with E-state index in [4.69, 9.17) is 0 Å². The molecule has 3 nitrogen and oxygen atoms in total. The highest BCUT2D eigenvalue weighted by Gasteiger charge is 2.41. The Kier molecular flexibility index (Phi) is 4.67. The lowest BCUT2D eigenvalue weighted by molar-refractivity contribution is -0.131. The van der Waals surface area contributed by atoms with Crippen molar-refractivity contribution in [3.8, 4) is 0 Å². The third-order valence-corrected chi connectivity index (χ3v) is 5.03. The Morgan fingerprint density at radius 1 is 1.04 bits per heavy atom. The Balaban J connectivity index is 1.97. The maximum Gasteiger partial charge on any atom is 0.219 e. The van der Waals surface area contributed by atoms with Gasteiger partial charge in [0.1, 0.15) is 11.4 Å². The molecule has 1 saturated heterocycles. The second-order valence-electron chi connectivity index (χ2n) is 6.42. The van der Waals surface area contributed by atoms with Crippen LogP contribution in [-0.4, -0.2) is 29.0 Å². The van der Waals surface area contributed by atoms with Crippen molar-refractivity contribution in [1.29, 1.82) is 0 Å². The molecule has 1 unspecified atom stereocenters. The van der Waals surface area contributed by atoms with E-state index in [0.29, 0.717) is 31.5 Å². The number of hydrogen-bond donors (Lipinski definition) is 1. The predicted octanol–water partition coefficient (Wildman–Crippen LogP) is 3.32. The van der Waals surface area contributed by atoms with Crippen LogP contribution in [-0.2, 0) is 10.4 Å². The first-order valence-electron chi connectivity index (χ1n) is 8.31. The molecule has 1 atom stereocenters. The summed E-state index contributed by atoms with van der Waals surface area (Å²) < 4.78 is 13.3. The summed E-state index contributed by atoms with van der Waals surface area (Å²) in [6, 6.07) is 15.6. The lowest BCUT2D eigenvalue weighted by Crippen LogP contribution is -2.45. The van der Waals surface area contributed by atoms with E-state index in [-0.39, 0.29) is 17.6 Å². The quantitative estimate of drug-likeness (QED) is 0.939. The van der Waals surface area contributed by atoms with Crippen molar-refractivity contribution >= 4 is 5.91 Å². The van der Waals surface area contributed by atoms with E-state index >= 15 is 0 Å². The van der Waals surface area contributed by atoms with Crippen LogP contribution in [0.15, 0.2) is 54.6 Å². The Bertz CT molecular complexity index is 693. The fraction of sp³-hybridized carbons (Fsp3) is 0.350. The van der Waals surface area contributed by atoms with Gasteiger partial charge in [-0.3, -0.25) is 4.79 Å². The Morgan fingerprint density at radius 2 is 1.58 bits per heavy atom. The molecule has 1 N–H and O–H groups in total. The second-order valence-corrected chi connectivity index (χ2v) is 6.42. The lowest BCUT2D eigenvalue weighted by Gasteiger charge is -2.42. The highest BCUT2D eigenvalue weighted by molar-refractivity contribution is 5.73. The van der Waals surface area contributed by atoms with Gasteiger partial charge in [0.15, 0.2) is 0 Å². The van der Waals surface area contributed by atoms with Gasteiger partial charge in [-0.05, 0) is 42.0 Å². The molecular weight excluding hydrogens is 305 g/mol. The summed E-state index contributed by atoms with van der Waals surface area (Å²) in [6.45, 7) is 2.84. The van der Waals surface area contributed by atoms with Crippen molar-refractivity contribution in [2.24, 2.45) is 5.92 Å². The van der Waals surface area contributed by atoms with E-state index in [0.717, 1.165) is 5.56 Å². The van der Waals surface area contributed by atoms with Gasteiger partial charge in [-0.1, -0.05) is 42.5 Å². The zero-order valence-corrected chi connectivity index (χ0v) is 13.8. The summed E-state index contributed by atoms with van der Waals surface area (Å²) in [6.07, 6.45) is 1.42. The average Bonchev–Trinajstić information content (AvgIpc) is 2.62. The van der Waals surface area contributed by atoms with Gasteiger partial charge >= 0.3 is 0 Å². The predicted molar refractivity (Wildman–Crippen MR) is 90.8 cm³/mol. The molecule has 126 valence electrons. The summed E-state index contributed by atoms with van der Waals surface area (Å²) in [5, 5.41) is 11.7. The Hall–Kier alpha value is -2.20. The minimum atomic E-state index is -1.18. The molecular formula is C20H22FNO2. The summed E-state index contributed by atoms with van der Waals surface area (Å²) >= 11 is 0. The van der Waals surface area contributed by atoms with Crippen molar-refractivity contribution in [3.63, 3.8) is 0 Å². The first kappa shape index (κ1) is 16.7. The first-order valence-corrected chi connectivity index (χ1v) is 8.31. The van der Waals surface area contributed by atoms with Crippen LogP contribution in [0.1, 0.15) is 30.9 Å². The summed E-state index contributed by atoms with van der Waals surface area (Å²) in [5.74, 6) is -0.278. The van der Waals surface area contributed by atoms with Gasteiger partial charge in [0.2, 0.25) is 5.91 Å². The molecule has 3 rings (SSSR count). The zero-order valence-electron chi connectivity index (χ0n) is 13.8. The van der Waals surface area contributed by atoms with Crippen molar-refractivity contribution < 1.29 is 14.3 Å². The van der Waals surface area contributed by atoms with Gasteiger partial charge in [0.25, 0.3) is 0 Å². The normalized spacial score (nSPS) is 18.2. The van der Waals surface area contributed by atoms with Crippen LogP contribution in [0.2, 0.25) is 0 Å². The fourth-order valence-corrected chi connectivity index (χ4v) is 3.65. The molecule has 1 fully saturated rings. The molecule has 0 radical (unpaired) electrons. The smallest absolute Gasteiger partial charge is 0.219 e. The molecule has 1 heterocycles. The molecule has 4 heteroatoms.